The molecule has 1 aromatic heterocycles. The van der Waals surface area contributed by atoms with E-state index in [-0.39, 0.29) is 0 Å². The van der Waals surface area contributed by atoms with E-state index in [1.807, 2.05) is 24.3 Å². The molecule has 2 aromatic carbocycles. The second kappa shape index (κ2) is 7.31. The lowest BCUT2D eigenvalue weighted by molar-refractivity contribution is -0.147. The third-order valence-corrected chi connectivity index (χ3v) is 3.96. The fourth-order valence-electron chi connectivity index (χ4n) is 2.64. The minimum Gasteiger partial charge on any atom is -0.497 e. The average Bonchev–Trinajstić information content (AvgIpc) is 2.66. The first kappa shape index (κ1) is 17.5. The highest BCUT2D eigenvalue weighted by Gasteiger charge is 2.16. The van der Waals surface area contributed by atoms with Gasteiger partial charge in [0.15, 0.2) is 6.10 Å². The van der Waals surface area contributed by atoms with Crippen molar-refractivity contribution < 1.29 is 23.4 Å². The summed E-state index contributed by atoms with van der Waals surface area (Å²) in [6.07, 6.45) is -0.769. The van der Waals surface area contributed by atoms with Gasteiger partial charge in [0.25, 0.3) is 0 Å². The molecule has 3 rings (SSSR count). The molecule has 6 heteroatoms. The van der Waals surface area contributed by atoms with Crippen LogP contribution in [0.15, 0.2) is 57.7 Å². The SMILES string of the molecule is COC(=O)[C@@H](C)Oc1ccc2c(-c3ccc(OC)cc3)cc(=O)oc2c1. The number of benzene rings is 2. The standard InChI is InChI=1S/C20H18O6/c1-12(20(22)24-3)25-15-8-9-16-17(11-19(21)26-18(16)10-15)13-4-6-14(23-2)7-5-13/h4-12H,1-3H3/t12-/m1/s1. The Morgan fingerprint density at radius 1 is 1.00 bits per heavy atom. The zero-order valence-corrected chi connectivity index (χ0v) is 14.6. The van der Waals surface area contributed by atoms with Crippen LogP contribution in [-0.4, -0.2) is 26.3 Å². The van der Waals surface area contributed by atoms with Crippen LogP contribution in [0.3, 0.4) is 0 Å². The van der Waals surface area contributed by atoms with Gasteiger partial charge in [0.1, 0.15) is 17.1 Å². The lowest BCUT2D eigenvalue weighted by Gasteiger charge is -2.13. The number of hydrogen-bond acceptors (Lipinski definition) is 6. The van der Waals surface area contributed by atoms with Gasteiger partial charge in [-0.05, 0) is 42.3 Å². The van der Waals surface area contributed by atoms with Gasteiger partial charge in [-0.15, -0.1) is 0 Å². The number of carbonyl (C=O) groups excluding carboxylic acids is 1. The second-order valence-corrected chi connectivity index (χ2v) is 5.65. The van der Waals surface area contributed by atoms with Gasteiger partial charge in [-0.1, -0.05) is 12.1 Å². The third-order valence-electron chi connectivity index (χ3n) is 3.96. The lowest BCUT2D eigenvalue weighted by atomic mass is 10.0. The zero-order chi connectivity index (χ0) is 18.7. The summed E-state index contributed by atoms with van der Waals surface area (Å²) in [6, 6.07) is 13.9. The van der Waals surface area contributed by atoms with E-state index in [0.29, 0.717) is 11.3 Å². The molecule has 6 nitrogen and oxygen atoms in total. The molecule has 0 radical (unpaired) electrons. The quantitative estimate of drug-likeness (QED) is 0.516. The number of carbonyl (C=O) groups is 1. The Morgan fingerprint density at radius 3 is 2.35 bits per heavy atom. The maximum atomic E-state index is 12.0. The molecule has 0 saturated carbocycles. The van der Waals surface area contributed by atoms with Crippen LogP contribution < -0.4 is 15.1 Å². The fraction of sp³-hybridized carbons (Fsp3) is 0.200. The van der Waals surface area contributed by atoms with Crippen molar-refractivity contribution in [3.05, 3.63) is 59.0 Å². The first-order valence-electron chi connectivity index (χ1n) is 7.98. The summed E-state index contributed by atoms with van der Waals surface area (Å²) >= 11 is 0. The molecule has 0 aliphatic rings. The number of esters is 1. The molecule has 0 saturated heterocycles. The molecule has 0 amide bonds. The summed E-state index contributed by atoms with van der Waals surface area (Å²) in [6.45, 7) is 1.58. The van der Waals surface area contributed by atoms with E-state index in [2.05, 4.69) is 4.74 Å². The highest BCUT2D eigenvalue weighted by atomic mass is 16.6. The molecular weight excluding hydrogens is 336 g/mol. The molecule has 0 bridgehead atoms. The Morgan fingerprint density at radius 2 is 1.69 bits per heavy atom. The van der Waals surface area contributed by atoms with Gasteiger partial charge in [-0.2, -0.15) is 0 Å². The number of methoxy groups -OCH3 is 2. The second-order valence-electron chi connectivity index (χ2n) is 5.65. The molecular formula is C20H18O6. The molecule has 134 valence electrons. The summed E-state index contributed by atoms with van der Waals surface area (Å²) in [5.74, 6) is 0.650. The Balaban J connectivity index is 2.03. The zero-order valence-electron chi connectivity index (χ0n) is 14.6. The molecule has 26 heavy (non-hydrogen) atoms. The minimum absolute atomic E-state index is 0.373. The highest BCUT2D eigenvalue weighted by molar-refractivity contribution is 5.93. The van der Waals surface area contributed by atoms with Gasteiger partial charge in [0.2, 0.25) is 0 Å². The van der Waals surface area contributed by atoms with E-state index in [0.717, 1.165) is 22.3 Å². The van der Waals surface area contributed by atoms with E-state index in [1.165, 1.54) is 13.2 Å². The van der Waals surface area contributed by atoms with Gasteiger partial charge >= 0.3 is 11.6 Å². The van der Waals surface area contributed by atoms with E-state index < -0.39 is 17.7 Å². The molecule has 0 spiro atoms. The molecule has 1 heterocycles. The van der Waals surface area contributed by atoms with Crippen LogP contribution in [0, 0.1) is 0 Å². The Kier molecular flexibility index (Phi) is 4.93. The number of fused-ring (bicyclic) bond motifs is 1. The van der Waals surface area contributed by atoms with Crippen molar-refractivity contribution in [2.24, 2.45) is 0 Å². The average molecular weight is 354 g/mol. The van der Waals surface area contributed by atoms with Gasteiger partial charge in [-0.3, -0.25) is 0 Å². The Hall–Kier alpha value is -3.28. The summed E-state index contributed by atoms with van der Waals surface area (Å²) < 4.78 is 20.6. The number of rotatable bonds is 5. The minimum atomic E-state index is -0.769. The lowest BCUT2D eigenvalue weighted by Crippen LogP contribution is -2.24. The maximum absolute atomic E-state index is 12.0. The van der Waals surface area contributed by atoms with Gasteiger partial charge < -0.3 is 18.6 Å². The van der Waals surface area contributed by atoms with Gasteiger partial charge in [0.05, 0.1) is 14.2 Å². The fourth-order valence-corrected chi connectivity index (χ4v) is 2.64. The molecule has 1 atom stereocenters. The van der Waals surface area contributed by atoms with E-state index in [4.69, 9.17) is 13.9 Å². The first-order chi connectivity index (χ1) is 12.5. The number of hydrogen-bond donors (Lipinski definition) is 0. The third kappa shape index (κ3) is 3.54. The molecule has 0 N–H and O–H groups in total. The van der Waals surface area contributed by atoms with Crippen LogP contribution in [0.5, 0.6) is 11.5 Å². The largest absolute Gasteiger partial charge is 0.497 e. The molecule has 3 aromatic rings. The van der Waals surface area contributed by atoms with Crippen LogP contribution in [0.2, 0.25) is 0 Å². The van der Waals surface area contributed by atoms with Crippen molar-refractivity contribution in [1.82, 2.24) is 0 Å². The summed E-state index contributed by atoms with van der Waals surface area (Å²) in [4.78, 5) is 23.5. The molecule has 0 aliphatic carbocycles. The predicted molar refractivity (Wildman–Crippen MR) is 96.6 cm³/mol. The van der Waals surface area contributed by atoms with Crippen molar-refractivity contribution in [3.63, 3.8) is 0 Å². The topological polar surface area (TPSA) is 75.0 Å². The van der Waals surface area contributed by atoms with Crippen molar-refractivity contribution >= 4 is 16.9 Å². The maximum Gasteiger partial charge on any atom is 0.346 e. The van der Waals surface area contributed by atoms with Crippen molar-refractivity contribution in [3.8, 4) is 22.6 Å². The Labute approximate surface area is 149 Å². The van der Waals surface area contributed by atoms with Crippen LogP contribution in [0.25, 0.3) is 22.1 Å². The monoisotopic (exact) mass is 354 g/mol. The van der Waals surface area contributed by atoms with Gasteiger partial charge in [0, 0.05) is 17.5 Å². The summed E-state index contributed by atoms with van der Waals surface area (Å²) in [7, 11) is 2.89. The van der Waals surface area contributed by atoms with Crippen molar-refractivity contribution in [2.45, 2.75) is 13.0 Å². The predicted octanol–water partition coefficient (Wildman–Crippen LogP) is 3.41. The Bertz CT molecular complexity index is 987. The van der Waals surface area contributed by atoms with Crippen LogP contribution in [0.1, 0.15) is 6.92 Å². The molecule has 0 unspecified atom stereocenters. The van der Waals surface area contributed by atoms with E-state index in [1.54, 1.807) is 32.2 Å². The van der Waals surface area contributed by atoms with Crippen molar-refractivity contribution in [1.29, 1.82) is 0 Å². The van der Waals surface area contributed by atoms with Crippen LogP contribution in [-0.2, 0) is 9.53 Å². The molecule has 0 aliphatic heterocycles. The van der Waals surface area contributed by atoms with Gasteiger partial charge in [-0.25, -0.2) is 9.59 Å². The van der Waals surface area contributed by atoms with Crippen LogP contribution in [0.4, 0.5) is 0 Å². The summed E-state index contributed by atoms with van der Waals surface area (Å²) in [5.41, 5.74) is 1.51. The highest BCUT2D eigenvalue weighted by Crippen LogP contribution is 2.31. The molecule has 0 fully saturated rings. The first-order valence-corrected chi connectivity index (χ1v) is 7.98. The van der Waals surface area contributed by atoms with E-state index in [9.17, 15) is 9.59 Å². The normalized spacial score (nSPS) is 11.8. The van der Waals surface area contributed by atoms with E-state index >= 15 is 0 Å². The smallest absolute Gasteiger partial charge is 0.346 e. The number of ether oxygens (including phenoxy) is 3. The van der Waals surface area contributed by atoms with Crippen molar-refractivity contribution in [2.75, 3.05) is 14.2 Å². The summed E-state index contributed by atoms with van der Waals surface area (Å²) in [5, 5.41) is 0.757. The van der Waals surface area contributed by atoms with Crippen LogP contribution >= 0.6 is 0 Å².